The van der Waals surface area contributed by atoms with Gasteiger partial charge in [0.05, 0.1) is 12.1 Å². The van der Waals surface area contributed by atoms with Crippen molar-refractivity contribution in [3.63, 3.8) is 0 Å². The van der Waals surface area contributed by atoms with E-state index in [-0.39, 0.29) is 18.7 Å². The van der Waals surface area contributed by atoms with Gasteiger partial charge in [-0.3, -0.25) is 9.59 Å². The number of benzene rings is 1. The van der Waals surface area contributed by atoms with Gasteiger partial charge in [0.2, 0.25) is 5.91 Å². The summed E-state index contributed by atoms with van der Waals surface area (Å²) in [7, 11) is 0. The second-order valence-corrected chi connectivity index (χ2v) is 3.49. The largest absolute Gasteiger partial charge is 0.481 e. The van der Waals surface area contributed by atoms with Crippen LogP contribution >= 0.6 is 0 Å². The van der Waals surface area contributed by atoms with Crippen LogP contribution in [0.4, 0.5) is 0 Å². The number of aliphatic carboxylic acids is 1. The number of carbonyl (C=O) groups is 2. The minimum atomic E-state index is -0.892. The van der Waals surface area contributed by atoms with E-state index in [9.17, 15) is 9.59 Å². The molecule has 0 radical (unpaired) electrons. The van der Waals surface area contributed by atoms with Gasteiger partial charge in [-0.25, -0.2) is 5.43 Å². The molecule has 0 heterocycles. The van der Waals surface area contributed by atoms with Gasteiger partial charge in [-0.2, -0.15) is 5.10 Å². The molecule has 0 aromatic heterocycles. The molecule has 0 aliphatic rings. The van der Waals surface area contributed by atoms with Gasteiger partial charge < -0.3 is 5.11 Å². The number of amides is 1. The number of carbonyl (C=O) groups excluding carboxylic acids is 1. The summed E-state index contributed by atoms with van der Waals surface area (Å²) in [5.74, 6) is -1.18. The number of nitrogens with one attached hydrogen (secondary N) is 1. The van der Waals surface area contributed by atoms with Gasteiger partial charge in [0, 0.05) is 13.3 Å². The first-order valence-electron chi connectivity index (χ1n) is 5.20. The molecule has 1 aromatic carbocycles. The van der Waals surface area contributed by atoms with Gasteiger partial charge in [0.1, 0.15) is 0 Å². The van der Waals surface area contributed by atoms with Crippen molar-refractivity contribution in [3.8, 4) is 0 Å². The van der Waals surface area contributed by atoms with E-state index in [0.717, 1.165) is 5.56 Å². The summed E-state index contributed by atoms with van der Waals surface area (Å²) in [5, 5.41) is 12.6. The third-order valence-corrected chi connectivity index (χ3v) is 2.03. The minimum absolute atomic E-state index is 0.0205. The van der Waals surface area contributed by atoms with E-state index in [1.165, 1.54) is 6.92 Å². The fraction of sp³-hybridized carbons (Fsp3) is 0.250. The second-order valence-electron chi connectivity index (χ2n) is 3.49. The maximum Gasteiger partial charge on any atom is 0.303 e. The summed E-state index contributed by atoms with van der Waals surface area (Å²) < 4.78 is 0. The summed E-state index contributed by atoms with van der Waals surface area (Å²) in [6, 6.07) is 9.17. The fourth-order valence-electron chi connectivity index (χ4n) is 1.27. The molecular weight excluding hydrogens is 220 g/mol. The van der Waals surface area contributed by atoms with Crippen molar-refractivity contribution >= 4 is 17.6 Å². The van der Waals surface area contributed by atoms with Crippen molar-refractivity contribution in [2.24, 2.45) is 5.10 Å². The average molecular weight is 234 g/mol. The van der Waals surface area contributed by atoms with Crippen LogP contribution in [0.25, 0.3) is 0 Å². The van der Waals surface area contributed by atoms with E-state index in [1.54, 1.807) is 0 Å². The molecule has 5 heteroatoms. The first-order valence-corrected chi connectivity index (χ1v) is 5.20. The van der Waals surface area contributed by atoms with Crippen LogP contribution in [0, 0.1) is 0 Å². The molecule has 5 nitrogen and oxygen atoms in total. The molecule has 0 unspecified atom stereocenters. The number of rotatable bonds is 5. The van der Waals surface area contributed by atoms with Gasteiger partial charge in [-0.15, -0.1) is 0 Å². The van der Waals surface area contributed by atoms with E-state index in [2.05, 4.69) is 10.5 Å². The first-order chi connectivity index (χ1) is 8.09. The number of carboxylic acids is 1. The van der Waals surface area contributed by atoms with Gasteiger partial charge in [0.25, 0.3) is 0 Å². The number of hydrazone groups is 1. The van der Waals surface area contributed by atoms with Crippen molar-refractivity contribution in [1.29, 1.82) is 0 Å². The van der Waals surface area contributed by atoms with Crippen LogP contribution in [0.2, 0.25) is 0 Å². The van der Waals surface area contributed by atoms with Crippen LogP contribution in [0.5, 0.6) is 0 Å². The Hall–Kier alpha value is -2.17. The molecule has 0 atom stereocenters. The molecule has 0 saturated carbocycles. The summed E-state index contributed by atoms with van der Waals surface area (Å²) in [5.41, 5.74) is 3.69. The highest BCUT2D eigenvalue weighted by Gasteiger charge is 2.06. The standard InChI is InChI=1S/C12H14N2O3/c1-9(15)13-14-11(7-8-12(16)17)10-5-3-2-4-6-10/h2-6H,7-8H2,1H3,(H,13,15)(H,16,17)/b14-11+. The minimum Gasteiger partial charge on any atom is -0.481 e. The van der Waals surface area contributed by atoms with E-state index in [1.807, 2.05) is 30.3 Å². The Morgan fingerprint density at radius 1 is 1.24 bits per heavy atom. The molecule has 90 valence electrons. The van der Waals surface area contributed by atoms with Gasteiger partial charge >= 0.3 is 5.97 Å². The summed E-state index contributed by atoms with van der Waals surface area (Å²) in [6.07, 6.45) is 0.257. The molecule has 0 aliphatic heterocycles. The lowest BCUT2D eigenvalue weighted by Gasteiger charge is -2.05. The highest BCUT2D eigenvalue weighted by atomic mass is 16.4. The monoisotopic (exact) mass is 234 g/mol. The molecule has 1 rings (SSSR count). The summed E-state index contributed by atoms with van der Waals surface area (Å²) >= 11 is 0. The van der Waals surface area contributed by atoms with Gasteiger partial charge in [0.15, 0.2) is 0 Å². The number of hydrogen-bond acceptors (Lipinski definition) is 3. The lowest BCUT2D eigenvalue weighted by atomic mass is 10.1. The molecule has 17 heavy (non-hydrogen) atoms. The Balaban J connectivity index is 2.82. The molecule has 0 fully saturated rings. The summed E-state index contributed by atoms with van der Waals surface area (Å²) in [4.78, 5) is 21.3. The average Bonchev–Trinajstić information content (AvgIpc) is 2.29. The summed E-state index contributed by atoms with van der Waals surface area (Å²) in [6.45, 7) is 1.35. The molecule has 0 spiro atoms. The first kappa shape index (κ1) is 12.9. The smallest absolute Gasteiger partial charge is 0.303 e. The quantitative estimate of drug-likeness (QED) is 0.597. The van der Waals surface area contributed by atoms with E-state index in [4.69, 9.17) is 5.11 Å². The Kier molecular flexibility index (Phi) is 4.87. The van der Waals surface area contributed by atoms with Crippen LogP contribution in [-0.4, -0.2) is 22.7 Å². The van der Waals surface area contributed by atoms with Crippen molar-refractivity contribution in [3.05, 3.63) is 35.9 Å². The molecule has 1 aromatic rings. The van der Waals surface area contributed by atoms with Crippen molar-refractivity contribution in [2.75, 3.05) is 0 Å². The molecule has 1 amide bonds. The Bertz CT molecular complexity index is 427. The van der Waals surface area contributed by atoms with Crippen molar-refractivity contribution in [2.45, 2.75) is 19.8 Å². The zero-order valence-electron chi connectivity index (χ0n) is 9.51. The molecule has 0 saturated heterocycles. The van der Waals surface area contributed by atoms with Gasteiger partial charge in [-0.05, 0) is 5.56 Å². The number of nitrogens with zero attached hydrogens (tertiary/aromatic N) is 1. The second kappa shape index (κ2) is 6.42. The lowest BCUT2D eigenvalue weighted by Crippen LogP contribution is -2.17. The van der Waals surface area contributed by atoms with Crippen LogP contribution < -0.4 is 5.43 Å². The van der Waals surface area contributed by atoms with Crippen LogP contribution in [0.1, 0.15) is 25.3 Å². The number of hydrogen-bond donors (Lipinski definition) is 2. The van der Waals surface area contributed by atoms with E-state index in [0.29, 0.717) is 5.71 Å². The van der Waals surface area contributed by atoms with Crippen molar-refractivity contribution < 1.29 is 14.7 Å². The van der Waals surface area contributed by atoms with E-state index < -0.39 is 5.97 Å². The number of carboxylic acid groups (broad SMARTS) is 1. The van der Waals surface area contributed by atoms with Gasteiger partial charge in [-0.1, -0.05) is 30.3 Å². The van der Waals surface area contributed by atoms with Crippen LogP contribution in [0.15, 0.2) is 35.4 Å². The molecule has 0 bridgehead atoms. The van der Waals surface area contributed by atoms with Crippen LogP contribution in [0.3, 0.4) is 0 Å². The zero-order chi connectivity index (χ0) is 12.7. The Labute approximate surface area is 99.2 Å². The topological polar surface area (TPSA) is 78.8 Å². The SMILES string of the molecule is CC(=O)N/N=C(\CCC(=O)O)c1ccccc1. The highest BCUT2D eigenvalue weighted by molar-refractivity contribution is 6.02. The third kappa shape index (κ3) is 4.92. The fourth-order valence-corrected chi connectivity index (χ4v) is 1.27. The predicted molar refractivity (Wildman–Crippen MR) is 63.7 cm³/mol. The highest BCUT2D eigenvalue weighted by Crippen LogP contribution is 2.06. The molecule has 2 N–H and O–H groups in total. The maximum atomic E-state index is 10.8. The Morgan fingerprint density at radius 2 is 1.88 bits per heavy atom. The van der Waals surface area contributed by atoms with Crippen LogP contribution in [-0.2, 0) is 9.59 Å². The molecular formula is C12H14N2O3. The third-order valence-electron chi connectivity index (χ3n) is 2.03. The van der Waals surface area contributed by atoms with Crippen molar-refractivity contribution in [1.82, 2.24) is 5.43 Å². The zero-order valence-corrected chi connectivity index (χ0v) is 9.51. The maximum absolute atomic E-state index is 10.8. The predicted octanol–water partition coefficient (Wildman–Crippen LogP) is 1.39. The Morgan fingerprint density at radius 3 is 2.41 bits per heavy atom. The normalized spacial score (nSPS) is 11.0. The molecule has 0 aliphatic carbocycles. The van der Waals surface area contributed by atoms with E-state index >= 15 is 0 Å². The lowest BCUT2D eigenvalue weighted by molar-refractivity contribution is -0.136.